The van der Waals surface area contributed by atoms with Crippen molar-refractivity contribution in [2.45, 2.75) is 26.2 Å². The molecule has 3 heteroatoms. The van der Waals surface area contributed by atoms with E-state index in [4.69, 9.17) is 4.98 Å². The summed E-state index contributed by atoms with van der Waals surface area (Å²) in [7, 11) is 0. The van der Waals surface area contributed by atoms with Gasteiger partial charge in [0.2, 0.25) is 0 Å². The fourth-order valence-electron chi connectivity index (χ4n) is 2.96. The highest BCUT2D eigenvalue weighted by Gasteiger charge is 2.24. The van der Waals surface area contributed by atoms with Crippen LogP contribution in [-0.4, -0.2) is 18.1 Å². The second-order valence-electron chi connectivity index (χ2n) is 5.20. The van der Waals surface area contributed by atoms with E-state index in [1.165, 1.54) is 47.6 Å². The maximum absolute atomic E-state index is 4.77. The minimum Gasteiger partial charge on any atom is -0.316 e. The zero-order valence-electron chi connectivity index (χ0n) is 10.9. The number of piperidine rings is 1. The lowest BCUT2D eigenvalue weighted by Gasteiger charge is -2.30. The molecule has 0 radical (unpaired) electrons. The van der Waals surface area contributed by atoms with Crippen LogP contribution in [0, 0.1) is 11.8 Å². The summed E-state index contributed by atoms with van der Waals surface area (Å²) in [6, 6.07) is 8.47. The molecule has 1 aromatic heterocycles. The Morgan fingerprint density at radius 2 is 2.22 bits per heavy atom. The fraction of sp³-hybridized carbons (Fsp3) is 0.533. The standard InChI is InChI=1S/C15H20N2S/c1-2-11-10-16-8-7-12(11)9-15-17-13-5-3-4-6-14(13)18-15/h3-6,11-12,16H,2,7-10H2,1H3. The van der Waals surface area contributed by atoms with Crippen LogP contribution in [-0.2, 0) is 6.42 Å². The van der Waals surface area contributed by atoms with Crippen LogP contribution in [0.5, 0.6) is 0 Å². The number of hydrogen-bond acceptors (Lipinski definition) is 3. The van der Waals surface area contributed by atoms with Gasteiger partial charge in [0.25, 0.3) is 0 Å². The maximum atomic E-state index is 4.77. The van der Waals surface area contributed by atoms with Gasteiger partial charge in [0.1, 0.15) is 0 Å². The van der Waals surface area contributed by atoms with Gasteiger partial charge >= 0.3 is 0 Å². The van der Waals surface area contributed by atoms with Crippen molar-refractivity contribution in [2.24, 2.45) is 11.8 Å². The predicted molar refractivity (Wildman–Crippen MR) is 78.1 cm³/mol. The number of benzene rings is 1. The van der Waals surface area contributed by atoms with Gasteiger partial charge in [-0.25, -0.2) is 4.98 Å². The fourth-order valence-corrected chi connectivity index (χ4v) is 4.02. The van der Waals surface area contributed by atoms with Crippen molar-refractivity contribution in [3.8, 4) is 0 Å². The Morgan fingerprint density at radius 1 is 1.33 bits per heavy atom. The molecule has 18 heavy (non-hydrogen) atoms. The Labute approximate surface area is 112 Å². The average Bonchev–Trinajstić information content (AvgIpc) is 2.81. The lowest BCUT2D eigenvalue weighted by Crippen LogP contribution is -2.37. The number of para-hydroxylation sites is 1. The SMILES string of the molecule is CCC1CNCCC1Cc1nc2ccccc2s1. The van der Waals surface area contributed by atoms with Crippen molar-refractivity contribution in [3.63, 3.8) is 0 Å². The molecule has 1 aliphatic heterocycles. The molecule has 0 saturated carbocycles. The third-order valence-corrected chi connectivity index (χ3v) is 5.12. The molecule has 2 atom stereocenters. The lowest BCUT2D eigenvalue weighted by atomic mass is 9.82. The van der Waals surface area contributed by atoms with Crippen molar-refractivity contribution in [3.05, 3.63) is 29.3 Å². The summed E-state index contributed by atoms with van der Waals surface area (Å²) >= 11 is 1.87. The predicted octanol–water partition coefficient (Wildman–Crippen LogP) is 3.47. The summed E-state index contributed by atoms with van der Waals surface area (Å²) < 4.78 is 1.33. The minimum atomic E-state index is 0.816. The zero-order valence-corrected chi connectivity index (χ0v) is 11.7. The van der Waals surface area contributed by atoms with Gasteiger partial charge in [-0.2, -0.15) is 0 Å². The van der Waals surface area contributed by atoms with Gasteiger partial charge in [-0.15, -0.1) is 11.3 Å². The molecule has 1 aromatic carbocycles. The molecule has 1 aliphatic rings. The van der Waals surface area contributed by atoms with Crippen molar-refractivity contribution >= 4 is 21.6 Å². The highest BCUT2D eigenvalue weighted by atomic mass is 32.1. The zero-order chi connectivity index (χ0) is 12.4. The second kappa shape index (κ2) is 5.37. The average molecular weight is 260 g/mol. The summed E-state index contributed by atoms with van der Waals surface area (Å²) in [6.07, 6.45) is 3.75. The molecular weight excluding hydrogens is 240 g/mol. The summed E-state index contributed by atoms with van der Waals surface area (Å²) in [5.41, 5.74) is 1.17. The number of aromatic nitrogens is 1. The Balaban J connectivity index is 1.78. The van der Waals surface area contributed by atoms with E-state index >= 15 is 0 Å². The van der Waals surface area contributed by atoms with Crippen LogP contribution in [0.1, 0.15) is 24.8 Å². The van der Waals surface area contributed by atoms with Crippen LogP contribution in [0.2, 0.25) is 0 Å². The van der Waals surface area contributed by atoms with E-state index in [0.29, 0.717) is 0 Å². The van der Waals surface area contributed by atoms with Gasteiger partial charge in [0, 0.05) is 6.42 Å². The molecule has 1 N–H and O–H groups in total. The number of fused-ring (bicyclic) bond motifs is 1. The highest BCUT2D eigenvalue weighted by Crippen LogP contribution is 2.29. The van der Waals surface area contributed by atoms with E-state index in [-0.39, 0.29) is 0 Å². The molecule has 3 rings (SSSR count). The largest absolute Gasteiger partial charge is 0.316 e. The van der Waals surface area contributed by atoms with Crippen LogP contribution < -0.4 is 5.32 Å². The molecule has 2 nitrogen and oxygen atoms in total. The van der Waals surface area contributed by atoms with Gasteiger partial charge in [-0.1, -0.05) is 25.5 Å². The molecule has 0 bridgehead atoms. The smallest absolute Gasteiger partial charge is 0.0941 e. The van der Waals surface area contributed by atoms with Gasteiger partial charge < -0.3 is 5.32 Å². The van der Waals surface area contributed by atoms with Crippen molar-refractivity contribution in [1.29, 1.82) is 0 Å². The number of rotatable bonds is 3. The van der Waals surface area contributed by atoms with Crippen LogP contribution in [0.15, 0.2) is 24.3 Å². The van der Waals surface area contributed by atoms with Gasteiger partial charge in [0.15, 0.2) is 0 Å². The minimum absolute atomic E-state index is 0.816. The summed E-state index contributed by atoms with van der Waals surface area (Å²) in [5.74, 6) is 1.64. The number of hydrogen-bond donors (Lipinski definition) is 1. The molecule has 96 valence electrons. The maximum Gasteiger partial charge on any atom is 0.0941 e. The van der Waals surface area contributed by atoms with Crippen LogP contribution in [0.3, 0.4) is 0 Å². The Hall–Kier alpha value is -0.930. The van der Waals surface area contributed by atoms with Crippen molar-refractivity contribution in [1.82, 2.24) is 10.3 Å². The third kappa shape index (κ3) is 2.43. The molecule has 1 saturated heterocycles. The first-order valence-electron chi connectivity index (χ1n) is 6.92. The van der Waals surface area contributed by atoms with E-state index in [1.54, 1.807) is 0 Å². The van der Waals surface area contributed by atoms with Crippen molar-refractivity contribution in [2.75, 3.05) is 13.1 Å². The highest BCUT2D eigenvalue weighted by molar-refractivity contribution is 7.18. The van der Waals surface area contributed by atoms with E-state index < -0.39 is 0 Å². The lowest BCUT2D eigenvalue weighted by molar-refractivity contribution is 0.246. The number of nitrogens with one attached hydrogen (secondary N) is 1. The first kappa shape index (κ1) is 12.1. The summed E-state index contributed by atoms with van der Waals surface area (Å²) in [4.78, 5) is 4.77. The van der Waals surface area contributed by atoms with E-state index in [0.717, 1.165) is 11.8 Å². The molecule has 1 fully saturated rings. The molecule has 0 spiro atoms. The van der Waals surface area contributed by atoms with Crippen LogP contribution >= 0.6 is 11.3 Å². The summed E-state index contributed by atoms with van der Waals surface area (Å²) in [6.45, 7) is 4.67. The molecule has 2 aromatic rings. The van der Waals surface area contributed by atoms with Gasteiger partial charge in [-0.05, 0) is 43.5 Å². The summed E-state index contributed by atoms with van der Waals surface area (Å²) in [5, 5.41) is 4.83. The second-order valence-corrected chi connectivity index (χ2v) is 6.32. The molecule has 2 heterocycles. The van der Waals surface area contributed by atoms with E-state index in [2.05, 4.69) is 36.5 Å². The van der Waals surface area contributed by atoms with Gasteiger partial charge in [-0.3, -0.25) is 0 Å². The van der Waals surface area contributed by atoms with Gasteiger partial charge in [0.05, 0.1) is 15.2 Å². The van der Waals surface area contributed by atoms with E-state index in [1.807, 2.05) is 11.3 Å². The van der Waals surface area contributed by atoms with E-state index in [9.17, 15) is 0 Å². The first-order valence-corrected chi connectivity index (χ1v) is 7.73. The molecule has 2 unspecified atom stereocenters. The topological polar surface area (TPSA) is 24.9 Å². The quantitative estimate of drug-likeness (QED) is 0.914. The molecular formula is C15H20N2S. The third-order valence-electron chi connectivity index (χ3n) is 4.06. The Kier molecular flexibility index (Phi) is 3.62. The Bertz CT molecular complexity index is 487. The molecule has 0 aliphatic carbocycles. The van der Waals surface area contributed by atoms with Crippen LogP contribution in [0.25, 0.3) is 10.2 Å². The number of thiazole rings is 1. The Morgan fingerprint density at radius 3 is 3.06 bits per heavy atom. The van der Waals surface area contributed by atoms with Crippen LogP contribution in [0.4, 0.5) is 0 Å². The monoisotopic (exact) mass is 260 g/mol. The number of nitrogens with zero attached hydrogens (tertiary/aromatic N) is 1. The first-order chi connectivity index (χ1) is 8.86. The van der Waals surface area contributed by atoms with Crippen molar-refractivity contribution < 1.29 is 0 Å². The normalized spacial score (nSPS) is 24.5. The molecule has 0 amide bonds.